The van der Waals surface area contributed by atoms with Crippen LogP contribution in [-0.2, 0) is 14.3 Å². The molecule has 2 heterocycles. The normalized spacial score (nSPS) is 15.0. The number of amides is 2. The number of carbonyl (C=O) groups is 2. The first-order valence-electron chi connectivity index (χ1n) is 6.46. The number of hydrogen-bond donors (Lipinski definition) is 2. The van der Waals surface area contributed by atoms with Gasteiger partial charge in [-0.1, -0.05) is 11.8 Å². The number of carbonyl (C=O) groups excluding carboxylic acids is 2. The Labute approximate surface area is 126 Å². The second-order valence-corrected chi connectivity index (χ2v) is 5.48. The van der Waals surface area contributed by atoms with E-state index < -0.39 is 0 Å². The van der Waals surface area contributed by atoms with Gasteiger partial charge >= 0.3 is 0 Å². The van der Waals surface area contributed by atoms with Gasteiger partial charge in [0, 0.05) is 20.1 Å². The lowest BCUT2D eigenvalue weighted by molar-refractivity contribution is -0.140. The number of anilines is 1. The topological polar surface area (TPSA) is 117 Å². The van der Waals surface area contributed by atoms with E-state index in [4.69, 9.17) is 10.5 Å². The summed E-state index contributed by atoms with van der Waals surface area (Å²) in [4.78, 5) is 31.0. The molecule has 0 radical (unpaired) electrons. The molecule has 2 rings (SSSR count). The van der Waals surface area contributed by atoms with Crippen molar-refractivity contribution < 1.29 is 14.3 Å². The molecule has 1 saturated heterocycles. The Hall–Kier alpha value is -1.81. The van der Waals surface area contributed by atoms with Crippen LogP contribution >= 0.6 is 11.8 Å². The fraction of sp³-hybridized carbons (Fsp3) is 0.636. The van der Waals surface area contributed by atoms with E-state index in [0.717, 1.165) is 0 Å². The zero-order chi connectivity index (χ0) is 15.2. The summed E-state index contributed by atoms with van der Waals surface area (Å²) in [6.07, 6.45) is 0. The monoisotopic (exact) mass is 314 g/mol. The first-order chi connectivity index (χ1) is 10.1. The average Bonchev–Trinajstić information content (AvgIpc) is 2.91. The second kappa shape index (κ2) is 7.27. The summed E-state index contributed by atoms with van der Waals surface area (Å²) < 4.78 is 5.19. The SMILES string of the molecule is CN(CC(=O)N1CCOCC1)C(=O)CSc1n[nH]c(N)n1. The lowest BCUT2D eigenvalue weighted by atomic mass is 10.4. The van der Waals surface area contributed by atoms with Crippen LogP contribution < -0.4 is 5.73 Å². The Bertz CT molecular complexity index is 502. The lowest BCUT2D eigenvalue weighted by Crippen LogP contribution is -2.46. The third-order valence-corrected chi connectivity index (χ3v) is 3.80. The number of nitrogens with zero attached hydrogens (tertiary/aromatic N) is 4. The average molecular weight is 314 g/mol. The molecule has 21 heavy (non-hydrogen) atoms. The second-order valence-electron chi connectivity index (χ2n) is 4.53. The van der Waals surface area contributed by atoms with Crippen molar-refractivity contribution in [1.29, 1.82) is 0 Å². The van der Waals surface area contributed by atoms with Crippen LogP contribution in [-0.4, -0.2) is 82.4 Å². The number of nitrogen functional groups attached to an aromatic ring is 1. The minimum atomic E-state index is -0.162. The molecule has 0 aliphatic carbocycles. The highest BCUT2D eigenvalue weighted by Crippen LogP contribution is 2.13. The fourth-order valence-electron chi connectivity index (χ4n) is 1.76. The molecule has 0 unspecified atom stereocenters. The fourth-order valence-corrected chi connectivity index (χ4v) is 2.51. The zero-order valence-electron chi connectivity index (χ0n) is 11.7. The molecule has 1 fully saturated rings. The van der Waals surface area contributed by atoms with Crippen molar-refractivity contribution in [3.63, 3.8) is 0 Å². The Balaban J connectivity index is 1.75. The number of hydrogen-bond acceptors (Lipinski definition) is 7. The van der Waals surface area contributed by atoms with Gasteiger partial charge in [-0.3, -0.25) is 9.59 Å². The van der Waals surface area contributed by atoms with Crippen LogP contribution in [0.2, 0.25) is 0 Å². The first-order valence-corrected chi connectivity index (χ1v) is 7.45. The molecule has 0 spiro atoms. The number of likely N-dealkylation sites (N-methyl/N-ethyl adjacent to an activating group) is 1. The number of aromatic nitrogens is 3. The molecule has 9 nitrogen and oxygen atoms in total. The molecule has 1 aromatic rings. The molecule has 0 bridgehead atoms. The van der Waals surface area contributed by atoms with Crippen molar-refractivity contribution >= 4 is 29.5 Å². The maximum Gasteiger partial charge on any atom is 0.242 e. The maximum atomic E-state index is 12.0. The zero-order valence-corrected chi connectivity index (χ0v) is 12.6. The summed E-state index contributed by atoms with van der Waals surface area (Å²) in [5.41, 5.74) is 5.40. The van der Waals surface area contributed by atoms with E-state index in [1.807, 2.05) is 0 Å². The van der Waals surface area contributed by atoms with Gasteiger partial charge in [0.1, 0.15) is 0 Å². The molecule has 10 heteroatoms. The molecule has 1 aliphatic rings. The molecule has 2 amide bonds. The molecule has 1 aromatic heterocycles. The maximum absolute atomic E-state index is 12.0. The molecular formula is C11H18N6O3S. The Morgan fingerprint density at radius 3 is 2.81 bits per heavy atom. The number of rotatable bonds is 5. The third kappa shape index (κ3) is 4.60. The number of nitrogens with one attached hydrogen (secondary N) is 1. The molecule has 116 valence electrons. The van der Waals surface area contributed by atoms with E-state index in [-0.39, 0.29) is 30.1 Å². The van der Waals surface area contributed by atoms with Gasteiger partial charge < -0.3 is 20.3 Å². The Kier molecular flexibility index (Phi) is 5.39. The third-order valence-electron chi connectivity index (χ3n) is 2.97. The van der Waals surface area contributed by atoms with Crippen molar-refractivity contribution in [3.8, 4) is 0 Å². The molecule has 0 aromatic carbocycles. The lowest BCUT2D eigenvalue weighted by Gasteiger charge is -2.28. The van der Waals surface area contributed by atoms with Crippen LogP contribution in [0.25, 0.3) is 0 Å². The Morgan fingerprint density at radius 1 is 1.48 bits per heavy atom. The molecule has 3 N–H and O–H groups in total. The summed E-state index contributed by atoms with van der Waals surface area (Å²) in [6, 6.07) is 0. The van der Waals surface area contributed by atoms with E-state index in [1.54, 1.807) is 11.9 Å². The van der Waals surface area contributed by atoms with E-state index in [0.29, 0.717) is 31.5 Å². The molecule has 0 atom stereocenters. The van der Waals surface area contributed by atoms with Crippen molar-refractivity contribution in [3.05, 3.63) is 0 Å². The van der Waals surface area contributed by atoms with Gasteiger partial charge in [-0.05, 0) is 0 Å². The minimum absolute atomic E-state index is 0.0650. The summed E-state index contributed by atoms with van der Waals surface area (Å²) >= 11 is 1.17. The highest BCUT2D eigenvalue weighted by Gasteiger charge is 2.20. The van der Waals surface area contributed by atoms with E-state index >= 15 is 0 Å². The van der Waals surface area contributed by atoms with Gasteiger partial charge in [0.2, 0.25) is 22.9 Å². The largest absolute Gasteiger partial charge is 0.378 e. The number of H-pyrrole nitrogens is 1. The van der Waals surface area contributed by atoms with Crippen LogP contribution in [0.4, 0.5) is 5.95 Å². The van der Waals surface area contributed by atoms with E-state index in [9.17, 15) is 9.59 Å². The van der Waals surface area contributed by atoms with Gasteiger partial charge in [-0.25, -0.2) is 5.10 Å². The minimum Gasteiger partial charge on any atom is -0.378 e. The molecular weight excluding hydrogens is 296 g/mol. The first kappa shape index (κ1) is 15.6. The van der Waals surface area contributed by atoms with Crippen LogP contribution in [0.5, 0.6) is 0 Å². The van der Waals surface area contributed by atoms with Crippen LogP contribution in [0, 0.1) is 0 Å². The van der Waals surface area contributed by atoms with Crippen molar-refractivity contribution in [2.45, 2.75) is 5.16 Å². The van der Waals surface area contributed by atoms with Crippen molar-refractivity contribution in [2.75, 3.05) is 51.4 Å². The predicted octanol–water partition coefficient (Wildman–Crippen LogP) is -1.20. The highest BCUT2D eigenvalue weighted by molar-refractivity contribution is 7.99. The summed E-state index contributed by atoms with van der Waals surface area (Å²) in [6.45, 7) is 2.31. The van der Waals surface area contributed by atoms with Crippen LogP contribution in [0.3, 0.4) is 0 Å². The van der Waals surface area contributed by atoms with Gasteiger partial charge in [0.15, 0.2) is 0 Å². The molecule has 0 saturated carbocycles. The molecule has 1 aliphatic heterocycles. The van der Waals surface area contributed by atoms with Gasteiger partial charge in [0.05, 0.1) is 25.5 Å². The van der Waals surface area contributed by atoms with E-state index in [2.05, 4.69) is 15.2 Å². The number of morpholine rings is 1. The number of thioether (sulfide) groups is 1. The van der Waals surface area contributed by atoms with Gasteiger partial charge in [0.25, 0.3) is 0 Å². The number of aromatic amines is 1. The van der Waals surface area contributed by atoms with Crippen molar-refractivity contribution in [2.24, 2.45) is 0 Å². The Morgan fingerprint density at radius 2 is 2.19 bits per heavy atom. The van der Waals surface area contributed by atoms with Crippen molar-refractivity contribution in [1.82, 2.24) is 25.0 Å². The number of ether oxygens (including phenoxy) is 1. The summed E-state index contributed by atoms with van der Waals surface area (Å²) in [7, 11) is 1.60. The van der Waals surface area contributed by atoms with Gasteiger partial charge in [-0.2, -0.15) is 4.98 Å². The standard InChI is InChI=1S/C11H18N6O3S/c1-16(6-8(18)17-2-4-20-5-3-17)9(19)7-21-11-13-10(12)14-15-11/h2-7H2,1H3,(H3,12,13,14,15). The van der Waals surface area contributed by atoms with Crippen LogP contribution in [0.15, 0.2) is 5.16 Å². The van der Waals surface area contributed by atoms with Gasteiger partial charge in [-0.15, -0.1) is 5.10 Å². The number of nitrogens with two attached hydrogens (primary N) is 1. The summed E-state index contributed by atoms with van der Waals surface area (Å²) in [5, 5.41) is 6.73. The summed E-state index contributed by atoms with van der Waals surface area (Å²) in [5.74, 6) is 0.136. The highest BCUT2D eigenvalue weighted by atomic mass is 32.2. The predicted molar refractivity (Wildman–Crippen MR) is 76.6 cm³/mol. The smallest absolute Gasteiger partial charge is 0.242 e. The van der Waals surface area contributed by atoms with E-state index in [1.165, 1.54) is 16.7 Å². The quantitative estimate of drug-likeness (QED) is 0.655. The van der Waals surface area contributed by atoms with Crippen LogP contribution in [0.1, 0.15) is 0 Å².